The second kappa shape index (κ2) is 3.99. The van der Waals surface area contributed by atoms with Crippen molar-refractivity contribution in [2.24, 2.45) is 7.05 Å². The molecule has 0 aliphatic heterocycles. The maximum atomic E-state index is 2.35. The molecule has 2 heterocycles. The highest BCUT2D eigenvalue weighted by atomic mass is 32.1. The van der Waals surface area contributed by atoms with Crippen LogP contribution in [0.15, 0.2) is 42.5 Å². The molecular weight excluding hydrogens is 274 g/mol. The largest absolute Gasteiger partial charge is 0.344 e. The summed E-state index contributed by atoms with van der Waals surface area (Å²) in [6.07, 6.45) is 6.91. The van der Waals surface area contributed by atoms with Crippen LogP contribution in [0.2, 0.25) is 0 Å². The van der Waals surface area contributed by atoms with Crippen LogP contribution < -0.4 is 0 Å². The van der Waals surface area contributed by atoms with E-state index in [1.807, 2.05) is 11.3 Å². The summed E-state index contributed by atoms with van der Waals surface area (Å²) in [7, 11) is 2.19. The molecule has 0 N–H and O–H groups in total. The molecule has 102 valence electrons. The minimum Gasteiger partial charge on any atom is -0.344 e. The topological polar surface area (TPSA) is 4.93 Å². The molecule has 1 aliphatic rings. The van der Waals surface area contributed by atoms with Gasteiger partial charge in [-0.25, -0.2) is 0 Å². The Hall–Kier alpha value is -2.06. The summed E-state index contributed by atoms with van der Waals surface area (Å²) in [5.41, 5.74) is 4.29. The van der Waals surface area contributed by atoms with Crippen LogP contribution in [-0.2, 0) is 13.5 Å². The minimum atomic E-state index is 1.16. The smallest absolute Gasteiger partial charge is 0.0500 e. The van der Waals surface area contributed by atoms with E-state index >= 15 is 0 Å². The highest BCUT2D eigenvalue weighted by Crippen LogP contribution is 2.42. The predicted molar refractivity (Wildman–Crippen MR) is 93.2 cm³/mol. The highest BCUT2D eigenvalue weighted by molar-refractivity contribution is 7.26. The van der Waals surface area contributed by atoms with Crippen LogP contribution in [0.25, 0.3) is 37.2 Å². The fourth-order valence-corrected chi connectivity index (χ4v) is 4.97. The Balaban J connectivity index is 2.07. The molecule has 0 unspecified atom stereocenters. The number of nitrogens with zero attached hydrogens (tertiary/aromatic N) is 1. The molecule has 0 amide bonds. The summed E-state index contributed by atoms with van der Waals surface area (Å²) in [5, 5.41) is 4.28. The summed E-state index contributed by atoms with van der Waals surface area (Å²) in [4.78, 5) is 0. The van der Waals surface area contributed by atoms with Crippen molar-refractivity contribution in [1.29, 1.82) is 0 Å². The van der Waals surface area contributed by atoms with Crippen molar-refractivity contribution in [2.75, 3.05) is 0 Å². The third-order valence-electron chi connectivity index (χ3n) is 4.70. The van der Waals surface area contributed by atoms with E-state index in [1.165, 1.54) is 42.3 Å². The number of benzene rings is 2. The van der Waals surface area contributed by atoms with Gasteiger partial charge >= 0.3 is 0 Å². The molecule has 0 saturated heterocycles. The molecule has 0 spiro atoms. The predicted octanol–water partition coefficient (Wildman–Crippen LogP) is 5.51. The van der Waals surface area contributed by atoms with Gasteiger partial charge in [-0.3, -0.25) is 0 Å². The lowest BCUT2D eigenvalue weighted by Crippen LogP contribution is -1.96. The van der Waals surface area contributed by atoms with Gasteiger partial charge in [-0.05, 0) is 36.6 Å². The molecule has 21 heavy (non-hydrogen) atoms. The van der Waals surface area contributed by atoms with E-state index in [1.54, 1.807) is 0 Å². The van der Waals surface area contributed by atoms with E-state index in [2.05, 4.69) is 60.2 Å². The number of fused-ring (bicyclic) bond motifs is 7. The monoisotopic (exact) mass is 289 g/mol. The van der Waals surface area contributed by atoms with Gasteiger partial charge in [-0.2, -0.15) is 0 Å². The fourth-order valence-electron chi connectivity index (χ4n) is 3.70. The first kappa shape index (κ1) is 11.6. The van der Waals surface area contributed by atoms with Gasteiger partial charge < -0.3 is 4.57 Å². The number of hydrogen-bond donors (Lipinski definition) is 0. The van der Waals surface area contributed by atoms with Gasteiger partial charge in [0.05, 0.1) is 0 Å². The number of rotatable bonds is 0. The Morgan fingerprint density at radius 1 is 1.05 bits per heavy atom. The van der Waals surface area contributed by atoms with Crippen LogP contribution in [0.1, 0.15) is 17.7 Å². The number of aryl methyl sites for hydroxylation is 2. The Morgan fingerprint density at radius 3 is 2.90 bits per heavy atom. The van der Waals surface area contributed by atoms with Gasteiger partial charge in [0.25, 0.3) is 0 Å². The molecule has 2 aromatic heterocycles. The normalized spacial score (nSPS) is 14.3. The maximum absolute atomic E-state index is 2.35. The van der Waals surface area contributed by atoms with E-state index in [-0.39, 0.29) is 0 Å². The molecule has 0 saturated carbocycles. The average Bonchev–Trinajstić information content (AvgIpc) is 3.04. The van der Waals surface area contributed by atoms with Crippen LogP contribution in [0.4, 0.5) is 0 Å². The summed E-state index contributed by atoms with van der Waals surface area (Å²) >= 11 is 1.94. The molecule has 1 aliphatic carbocycles. The Labute approximate surface area is 127 Å². The highest BCUT2D eigenvalue weighted by Gasteiger charge is 2.19. The van der Waals surface area contributed by atoms with Crippen LogP contribution >= 0.6 is 11.3 Å². The Morgan fingerprint density at radius 2 is 1.95 bits per heavy atom. The third kappa shape index (κ3) is 1.41. The average molecular weight is 289 g/mol. The number of allylic oxidation sites excluding steroid dienone is 1. The fraction of sp³-hybridized carbons (Fsp3) is 0.158. The van der Waals surface area contributed by atoms with E-state index < -0.39 is 0 Å². The van der Waals surface area contributed by atoms with E-state index in [0.717, 1.165) is 12.8 Å². The maximum Gasteiger partial charge on any atom is 0.0500 e. The zero-order valence-corrected chi connectivity index (χ0v) is 12.7. The van der Waals surface area contributed by atoms with Gasteiger partial charge in [0.1, 0.15) is 0 Å². The number of hydrogen-bond acceptors (Lipinski definition) is 1. The number of aromatic nitrogens is 1. The summed E-state index contributed by atoms with van der Waals surface area (Å²) < 4.78 is 5.20. The van der Waals surface area contributed by atoms with Crippen LogP contribution in [0.3, 0.4) is 0 Å². The lowest BCUT2D eigenvalue weighted by molar-refractivity contribution is 0.908. The first-order chi connectivity index (χ1) is 10.3. The van der Waals surface area contributed by atoms with Gasteiger partial charge in [0.2, 0.25) is 0 Å². The second-order valence-electron chi connectivity index (χ2n) is 5.80. The van der Waals surface area contributed by atoms with Crippen molar-refractivity contribution in [1.82, 2.24) is 4.57 Å². The van der Waals surface area contributed by atoms with Crippen LogP contribution in [0, 0.1) is 0 Å². The molecule has 0 radical (unpaired) electrons. The van der Waals surface area contributed by atoms with Crippen molar-refractivity contribution >= 4 is 48.5 Å². The van der Waals surface area contributed by atoms with Crippen LogP contribution in [0.5, 0.6) is 0 Å². The van der Waals surface area contributed by atoms with Crippen molar-refractivity contribution in [3.05, 3.63) is 53.7 Å². The molecule has 0 bridgehead atoms. The molecular formula is C19H15NS. The van der Waals surface area contributed by atoms with Crippen molar-refractivity contribution in [3.63, 3.8) is 0 Å². The molecule has 1 nitrogen and oxygen atoms in total. The summed E-state index contributed by atoms with van der Waals surface area (Å²) in [6, 6.07) is 13.4. The number of thiophene rings is 1. The third-order valence-corrected chi connectivity index (χ3v) is 5.90. The molecule has 0 atom stereocenters. The summed E-state index contributed by atoms with van der Waals surface area (Å²) in [5.74, 6) is 0. The molecule has 0 fully saturated rings. The molecule has 5 rings (SSSR count). The lowest BCUT2D eigenvalue weighted by atomic mass is 10.00. The first-order valence-corrected chi connectivity index (χ1v) is 8.24. The van der Waals surface area contributed by atoms with Gasteiger partial charge in [0, 0.05) is 43.8 Å². The van der Waals surface area contributed by atoms with Gasteiger partial charge in [-0.1, -0.05) is 30.3 Å². The molecule has 2 heteroatoms. The van der Waals surface area contributed by atoms with Crippen molar-refractivity contribution in [2.45, 2.75) is 12.8 Å². The minimum absolute atomic E-state index is 1.16. The van der Waals surface area contributed by atoms with Crippen molar-refractivity contribution < 1.29 is 0 Å². The van der Waals surface area contributed by atoms with Gasteiger partial charge in [0.15, 0.2) is 0 Å². The van der Waals surface area contributed by atoms with Gasteiger partial charge in [-0.15, -0.1) is 11.3 Å². The van der Waals surface area contributed by atoms with Crippen molar-refractivity contribution in [3.8, 4) is 0 Å². The molecule has 4 aromatic rings. The SMILES string of the molecule is Cn1c2c(c3c4sc5ccccc5c4ccc31)CCC=C2. The zero-order chi connectivity index (χ0) is 14.0. The first-order valence-electron chi connectivity index (χ1n) is 7.42. The lowest BCUT2D eigenvalue weighted by Gasteiger charge is -2.06. The van der Waals surface area contributed by atoms with E-state index in [4.69, 9.17) is 0 Å². The van der Waals surface area contributed by atoms with E-state index in [0.29, 0.717) is 0 Å². The summed E-state index contributed by atoms with van der Waals surface area (Å²) in [6.45, 7) is 0. The second-order valence-corrected chi connectivity index (χ2v) is 6.85. The molecule has 2 aromatic carbocycles. The van der Waals surface area contributed by atoms with Crippen LogP contribution in [-0.4, -0.2) is 4.57 Å². The van der Waals surface area contributed by atoms with E-state index in [9.17, 15) is 0 Å². The zero-order valence-electron chi connectivity index (χ0n) is 11.9. The quantitative estimate of drug-likeness (QED) is 0.402. The Kier molecular flexibility index (Phi) is 2.20. The standard InChI is InChI=1S/C19H15NS/c1-20-15-8-4-2-7-14(15)18-16(20)11-10-13-12-6-3-5-9-17(12)21-19(13)18/h3-6,8-11H,2,7H2,1H3. The Bertz CT molecular complexity index is 1050.